The molecule has 2 aromatic heterocycles. The summed E-state index contributed by atoms with van der Waals surface area (Å²) in [7, 11) is 0. The monoisotopic (exact) mass is 264 g/mol. The Labute approximate surface area is 115 Å². The fourth-order valence-electron chi connectivity index (χ4n) is 1.97. The Morgan fingerprint density at radius 2 is 1.95 bits per heavy atom. The predicted octanol–water partition coefficient (Wildman–Crippen LogP) is 3.33. The van der Waals surface area contributed by atoms with E-state index in [-0.39, 0.29) is 5.63 Å². The van der Waals surface area contributed by atoms with Crippen molar-refractivity contribution in [3.63, 3.8) is 0 Å². The summed E-state index contributed by atoms with van der Waals surface area (Å²) in [4.78, 5) is 20.5. The van der Waals surface area contributed by atoms with Crippen molar-refractivity contribution in [1.82, 2.24) is 4.98 Å². The summed E-state index contributed by atoms with van der Waals surface area (Å²) in [5, 5.41) is 0.873. The van der Waals surface area contributed by atoms with Crippen LogP contribution < -0.4 is 5.63 Å². The van der Waals surface area contributed by atoms with Crippen molar-refractivity contribution in [3.8, 4) is 0 Å². The molecule has 0 radical (unpaired) electrons. The molecule has 3 rings (SSSR count). The lowest BCUT2D eigenvalue weighted by Gasteiger charge is -2.01. The third-order valence-corrected chi connectivity index (χ3v) is 2.96. The zero-order valence-corrected chi connectivity index (χ0v) is 10.9. The van der Waals surface area contributed by atoms with Crippen molar-refractivity contribution < 1.29 is 4.42 Å². The summed E-state index contributed by atoms with van der Waals surface area (Å²) in [5.41, 5.74) is 1.23. The lowest BCUT2D eigenvalue weighted by atomic mass is 10.1. The van der Waals surface area contributed by atoms with Gasteiger partial charge >= 0.3 is 5.63 Å². The lowest BCUT2D eigenvalue weighted by molar-refractivity contribution is 0.559. The molecular formula is C16H12N2O2. The maximum absolute atomic E-state index is 12.0. The maximum Gasteiger partial charge on any atom is 0.345 e. The maximum atomic E-state index is 12.0. The van der Waals surface area contributed by atoms with Crippen LogP contribution in [0.25, 0.3) is 11.0 Å². The molecule has 0 aliphatic heterocycles. The third-order valence-electron chi connectivity index (χ3n) is 2.96. The van der Waals surface area contributed by atoms with Gasteiger partial charge in [0.25, 0.3) is 0 Å². The van der Waals surface area contributed by atoms with Crippen molar-refractivity contribution in [1.29, 1.82) is 0 Å². The number of para-hydroxylation sites is 1. The minimum Gasteiger partial charge on any atom is -0.422 e. The van der Waals surface area contributed by atoms with Gasteiger partial charge in [-0.15, -0.1) is 0 Å². The summed E-state index contributed by atoms with van der Waals surface area (Å²) >= 11 is 0. The number of nitrogens with zero attached hydrogens (tertiary/aromatic N) is 2. The van der Waals surface area contributed by atoms with Crippen molar-refractivity contribution in [2.45, 2.75) is 6.92 Å². The lowest BCUT2D eigenvalue weighted by Crippen LogP contribution is -2.11. The smallest absolute Gasteiger partial charge is 0.345 e. The van der Waals surface area contributed by atoms with E-state index < -0.39 is 0 Å². The molecule has 0 aliphatic carbocycles. The summed E-state index contributed by atoms with van der Waals surface area (Å²) in [6, 6.07) is 14.6. The van der Waals surface area contributed by atoms with Crippen molar-refractivity contribution in [2.75, 3.05) is 0 Å². The topological polar surface area (TPSA) is 55.5 Å². The number of aliphatic imine (C=N–C) groups is 1. The Morgan fingerprint density at radius 3 is 2.75 bits per heavy atom. The second-order valence-electron chi connectivity index (χ2n) is 4.37. The Bertz CT molecular complexity index is 836. The van der Waals surface area contributed by atoms with Crippen molar-refractivity contribution in [2.24, 2.45) is 4.99 Å². The first-order valence-corrected chi connectivity index (χ1v) is 6.23. The van der Waals surface area contributed by atoms with E-state index in [1.165, 1.54) is 0 Å². The SMILES string of the molecule is C/C(=N\c1ccccn1)c1cc2ccccc2oc1=O. The van der Waals surface area contributed by atoms with Crippen LogP contribution in [0.4, 0.5) is 5.82 Å². The molecule has 0 amide bonds. The van der Waals surface area contributed by atoms with Crippen LogP contribution in [0, 0.1) is 0 Å². The third kappa shape index (κ3) is 2.36. The van der Waals surface area contributed by atoms with E-state index in [9.17, 15) is 4.79 Å². The number of benzene rings is 1. The molecule has 2 heterocycles. The highest BCUT2D eigenvalue weighted by molar-refractivity contribution is 6.01. The molecule has 0 spiro atoms. The fourth-order valence-corrected chi connectivity index (χ4v) is 1.97. The van der Waals surface area contributed by atoms with Crippen LogP contribution in [0.2, 0.25) is 0 Å². The van der Waals surface area contributed by atoms with Gasteiger partial charge in [0.15, 0.2) is 5.82 Å². The molecule has 4 nitrogen and oxygen atoms in total. The predicted molar refractivity (Wildman–Crippen MR) is 78.6 cm³/mol. The van der Waals surface area contributed by atoms with E-state index in [2.05, 4.69) is 9.98 Å². The van der Waals surface area contributed by atoms with Gasteiger partial charge in [-0.25, -0.2) is 14.8 Å². The Morgan fingerprint density at radius 1 is 1.15 bits per heavy atom. The van der Waals surface area contributed by atoms with E-state index in [4.69, 9.17) is 4.42 Å². The number of rotatable bonds is 2. The largest absolute Gasteiger partial charge is 0.422 e. The molecule has 1 aromatic carbocycles. The van der Waals surface area contributed by atoms with Crippen molar-refractivity contribution >= 4 is 22.5 Å². The molecule has 4 heteroatoms. The zero-order valence-electron chi connectivity index (χ0n) is 10.9. The molecule has 3 aromatic rings. The number of fused-ring (bicyclic) bond motifs is 1. The molecule has 98 valence electrons. The van der Waals surface area contributed by atoms with Gasteiger partial charge in [0.05, 0.1) is 11.3 Å². The molecule has 0 unspecified atom stereocenters. The fraction of sp³-hybridized carbons (Fsp3) is 0.0625. The first kappa shape index (κ1) is 12.3. The van der Waals surface area contributed by atoms with Gasteiger partial charge in [-0.3, -0.25) is 0 Å². The van der Waals surface area contributed by atoms with Gasteiger partial charge in [0.2, 0.25) is 0 Å². The van der Waals surface area contributed by atoms with Crippen LogP contribution in [0.1, 0.15) is 12.5 Å². The quantitative estimate of drug-likeness (QED) is 0.527. The first-order valence-electron chi connectivity index (χ1n) is 6.23. The summed E-state index contributed by atoms with van der Waals surface area (Å²) in [6.07, 6.45) is 1.66. The molecule has 0 N–H and O–H groups in total. The number of pyridine rings is 1. The minimum atomic E-state index is -0.388. The van der Waals surface area contributed by atoms with E-state index >= 15 is 0 Å². The number of hydrogen-bond acceptors (Lipinski definition) is 4. The average molecular weight is 264 g/mol. The van der Waals surface area contributed by atoms with E-state index in [0.717, 1.165) is 5.39 Å². The van der Waals surface area contributed by atoms with E-state index in [0.29, 0.717) is 22.7 Å². The normalized spacial score (nSPS) is 11.8. The van der Waals surface area contributed by atoms with Gasteiger partial charge < -0.3 is 4.42 Å². The molecule has 0 aliphatic rings. The Hall–Kier alpha value is -2.75. The van der Waals surface area contributed by atoms with Crippen LogP contribution in [0.3, 0.4) is 0 Å². The number of aromatic nitrogens is 1. The van der Waals surface area contributed by atoms with Gasteiger partial charge in [-0.05, 0) is 31.2 Å². The van der Waals surface area contributed by atoms with Crippen LogP contribution in [0.5, 0.6) is 0 Å². The standard InChI is InChI=1S/C16H12N2O2/c1-11(18-15-8-4-5-9-17-15)13-10-12-6-2-3-7-14(12)20-16(13)19/h2-10H,1H3/b18-11+. The molecule has 0 saturated carbocycles. The van der Waals surface area contributed by atoms with Crippen LogP contribution >= 0.6 is 0 Å². The summed E-state index contributed by atoms with van der Waals surface area (Å²) < 4.78 is 5.29. The second-order valence-corrected chi connectivity index (χ2v) is 4.37. The van der Waals surface area contributed by atoms with E-state index in [1.54, 1.807) is 31.3 Å². The summed E-state index contributed by atoms with van der Waals surface area (Å²) in [5.74, 6) is 0.567. The Kier molecular flexibility index (Phi) is 3.13. The van der Waals surface area contributed by atoms with Gasteiger partial charge in [0, 0.05) is 11.6 Å². The molecular weight excluding hydrogens is 252 g/mol. The minimum absolute atomic E-state index is 0.388. The molecule has 20 heavy (non-hydrogen) atoms. The first-order chi connectivity index (χ1) is 9.74. The van der Waals surface area contributed by atoms with Gasteiger partial charge in [-0.1, -0.05) is 24.3 Å². The van der Waals surface area contributed by atoms with Crippen LogP contribution in [-0.2, 0) is 0 Å². The molecule has 0 saturated heterocycles. The second kappa shape index (κ2) is 5.09. The van der Waals surface area contributed by atoms with Crippen LogP contribution in [0.15, 0.2) is 68.9 Å². The highest BCUT2D eigenvalue weighted by atomic mass is 16.4. The van der Waals surface area contributed by atoms with Crippen molar-refractivity contribution in [3.05, 3.63) is 70.7 Å². The number of hydrogen-bond donors (Lipinski definition) is 0. The van der Waals surface area contributed by atoms with Gasteiger partial charge in [0.1, 0.15) is 5.58 Å². The van der Waals surface area contributed by atoms with E-state index in [1.807, 2.05) is 30.3 Å². The highest BCUT2D eigenvalue weighted by Gasteiger charge is 2.08. The summed E-state index contributed by atoms with van der Waals surface area (Å²) in [6.45, 7) is 1.77. The Balaban J connectivity index is 2.12. The van der Waals surface area contributed by atoms with Gasteiger partial charge in [-0.2, -0.15) is 0 Å². The molecule has 0 atom stereocenters. The highest BCUT2D eigenvalue weighted by Crippen LogP contribution is 2.14. The van der Waals surface area contributed by atoms with Crippen LogP contribution in [-0.4, -0.2) is 10.7 Å². The zero-order chi connectivity index (χ0) is 13.9. The molecule has 0 bridgehead atoms. The average Bonchev–Trinajstić information content (AvgIpc) is 2.47. The molecule has 0 fully saturated rings.